The second-order valence-corrected chi connectivity index (χ2v) is 4.98. The van der Waals surface area contributed by atoms with Crippen molar-refractivity contribution in [3.05, 3.63) is 17.3 Å². The number of carbonyl (C=O) groups is 1. The Morgan fingerprint density at radius 1 is 1.64 bits per heavy atom. The number of nitrogens with one attached hydrogen (secondary N) is 1. The molecule has 0 saturated carbocycles. The highest BCUT2D eigenvalue weighted by Gasteiger charge is 2.19. The van der Waals surface area contributed by atoms with Crippen LogP contribution in [-0.4, -0.2) is 16.1 Å². The van der Waals surface area contributed by atoms with Crippen molar-refractivity contribution in [2.24, 2.45) is 0 Å². The molecule has 1 aromatic rings. The lowest BCUT2D eigenvalue weighted by molar-refractivity contribution is -0.116. The van der Waals surface area contributed by atoms with Crippen LogP contribution in [0.2, 0.25) is 5.15 Å². The van der Waals surface area contributed by atoms with Gasteiger partial charge < -0.3 is 5.32 Å². The van der Waals surface area contributed by atoms with Crippen molar-refractivity contribution in [3.8, 4) is 0 Å². The molecule has 1 aromatic heterocycles. The minimum absolute atomic E-state index is 0.0351. The molecule has 0 radical (unpaired) electrons. The van der Waals surface area contributed by atoms with E-state index in [2.05, 4.69) is 10.3 Å². The lowest BCUT2D eigenvalue weighted by Crippen LogP contribution is -2.13. The molecule has 74 valence electrons. The van der Waals surface area contributed by atoms with Crippen LogP contribution in [-0.2, 0) is 4.79 Å². The Kier molecular flexibility index (Phi) is 2.65. The molecule has 0 spiro atoms. The van der Waals surface area contributed by atoms with Crippen molar-refractivity contribution in [1.82, 2.24) is 4.98 Å². The zero-order chi connectivity index (χ0) is 10.1. The summed E-state index contributed by atoms with van der Waals surface area (Å²) in [6.07, 6.45) is 0.513. The third-order valence-electron chi connectivity index (χ3n) is 1.89. The molecule has 1 aliphatic rings. The largest absolute Gasteiger partial charge is 0.324 e. The van der Waals surface area contributed by atoms with E-state index < -0.39 is 0 Å². The third-order valence-corrected chi connectivity index (χ3v) is 3.20. The second kappa shape index (κ2) is 3.79. The van der Waals surface area contributed by atoms with Gasteiger partial charge in [-0.05, 0) is 12.1 Å². The van der Waals surface area contributed by atoms with E-state index in [1.807, 2.05) is 6.92 Å². The summed E-state index contributed by atoms with van der Waals surface area (Å²) < 4.78 is 0. The molecule has 0 aliphatic carbocycles. The molecule has 2 rings (SSSR count). The number of anilines is 1. The van der Waals surface area contributed by atoms with E-state index in [1.165, 1.54) is 0 Å². The summed E-state index contributed by atoms with van der Waals surface area (Å²) in [5.41, 5.74) is 0.758. The highest BCUT2D eigenvalue weighted by molar-refractivity contribution is 8.00. The van der Waals surface area contributed by atoms with E-state index in [-0.39, 0.29) is 11.2 Å². The maximum atomic E-state index is 11.4. The van der Waals surface area contributed by atoms with Gasteiger partial charge in [-0.15, -0.1) is 11.8 Å². The first-order valence-corrected chi connectivity index (χ1v) is 5.54. The Morgan fingerprint density at radius 2 is 2.43 bits per heavy atom. The number of aromatic nitrogens is 1. The lowest BCUT2D eigenvalue weighted by Gasteiger charge is -2.05. The van der Waals surface area contributed by atoms with E-state index in [9.17, 15) is 4.79 Å². The molecule has 0 fully saturated rings. The molecule has 0 bridgehead atoms. The number of hydrogen-bond donors (Lipinski definition) is 1. The molecular weight excluding hydrogens is 220 g/mol. The van der Waals surface area contributed by atoms with Gasteiger partial charge in [0, 0.05) is 11.7 Å². The van der Waals surface area contributed by atoms with Gasteiger partial charge in [0.15, 0.2) is 0 Å². The summed E-state index contributed by atoms with van der Waals surface area (Å²) in [6.45, 7) is 2.00. The average molecular weight is 229 g/mol. The fourth-order valence-electron chi connectivity index (χ4n) is 1.30. The van der Waals surface area contributed by atoms with Crippen LogP contribution in [0.25, 0.3) is 0 Å². The quantitative estimate of drug-likeness (QED) is 0.694. The minimum atomic E-state index is 0.0351. The van der Waals surface area contributed by atoms with Crippen molar-refractivity contribution >= 4 is 35.0 Å². The standard InChI is InChI=1S/C9H9ClN2OS/c1-5-4-8(13)11-6-2-3-7(10)12-9(6)14-5/h2-3,5H,4H2,1H3,(H,11,13). The highest BCUT2D eigenvalue weighted by atomic mass is 35.5. The van der Waals surface area contributed by atoms with Crippen molar-refractivity contribution in [1.29, 1.82) is 0 Å². The first-order chi connectivity index (χ1) is 6.65. The minimum Gasteiger partial charge on any atom is -0.324 e. The molecule has 1 atom stereocenters. The van der Waals surface area contributed by atoms with Gasteiger partial charge in [0.2, 0.25) is 5.91 Å². The molecule has 1 unspecified atom stereocenters. The predicted molar refractivity (Wildman–Crippen MR) is 57.8 cm³/mol. The topological polar surface area (TPSA) is 42.0 Å². The van der Waals surface area contributed by atoms with Crippen molar-refractivity contribution < 1.29 is 4.79 Å². The van der Waals surface area contributed by atoms with Crippen LogP contribution in [0.3, 0.4) is 0 Å². The molecule has 14 heavy (non-hydrogen) atoms. The monoisotopic (exact) mass is 228 g/mol. The van der Waals surface area contributed by atoms with E-state index in [4.69, 9.17) is 11.6 Å². The molecule has 1 N–H and O–H groups in total. The van der Waals surface area contributed by atoms with E-state index in [0.29, 0.717) is 11.6 Å². The van der Waals surface area contributed by atoms with Gasteiger partial charge in [-0.3, -0.25) is 4.79 Å². The zero-order valence-corrected chi connectivity index (χ0v) is 9.15. The smallest absolute Gasteiger partial charge is 0.225 e. The fraction of sp³-hybridized carbons (Fsp3) is 0.333. The van der Waals surface area contributed by atoms with Crippen molar-refractivity contribution in [3.63, 3.8) is 0 Å². The van der Waals surface area contributed by atoms with Gasteiger partial charge in [0.25, 0.3) is 0 Å². The maximum Gasteiger partial charge on any atom is 0.225 e. The second-order valence-electron chi connectivity index (χ2n) is 3.17. The number of carbonyl (C=O) groups excluding carboxylic acids is 1. The van der Waals surface area contributed by atoms with Crippen LogP contribution < -0.4 is 5.32 Å². The van der Waals surface area contributed by atoms with Crippen molar-refractivity contribution in [2.45, 2.75) is 23.6 Å². The molecule has 5 heteroatoms. The van der Waals surface area contributed by atoms with E-state index >= 15 is 0 Å². The first kappa shape index (κ1) is 9.80. The molecule has 1 amide bonds. The number of rotatable bonds is 0. The van der Waals surface area contributed by atoms with Crippen LogP contribution in [0.4, 0.5) is 5.69 Å². The number of halogens is 1. The average Bonchev–Trinajstić information content (AvgIpc) is 2.21. The van der Waals surface area contributed by atoms with Crippen LogP contribution in [0.5, 0.6) is 0 Å². The number of thioether (sulfide) groups is 1. The van der Waals surface area contributed by atoms with E-state index in [1.54, 1.807) is 23.9 Å². The summed E-state index contributed by atoms with van der Waals surface area (Å²) in [5.74, 6) is 0.0351. The Labute approximate surface area is 91.2 Å². The lowest BCUT2D eigenvalue weighted by atomic mass is 10.3. The molecule has 1 aliphatic heterocycles. The van der Waals surface area contributed by atoms with Crippen LogP contribution in [0, 0.1) is 0 Å². The van der Waals surface area contributed by atoms with Crippen LogP contribution >= 0.6 is 23.4 Å². The number of pyridine rings is 1. The summed E-state index contributed by atoms with van der Waals surface area (Å²) in [5, 5.41) is 4.30. The van der Waals surface area contributed by atoms with Gasteiger partial charge in [-0.1, -0.05) is 18.5 Å². The SMILES string of the molecule is CC1CC(=O)Nc2ccc(Cl)nc2S1. The Bertz CT molecular complexity index is 383. The maximum absolute atomic E-state index is 11.4. The number of nitrogens with zero attached hydrogens (tertiary/aromatic N) is 1. The van der Waals surface area contributed by atoms with Crippen molar-refractivity contribution in [2.75, 3.05) is 5.32 Å². The molecule has 0 aromatic carbocycles. The fourth-order valence-corrected chi connectivity index (χ4v) is 2.51. The Hall–Kier alpha value is -0.740. The first-order valence-electron chi connectivity index (χ1n) is 4.28. The van der Waals surface area contributed by atoms with Crippen LogP contribution in [0.1, 0.15) is 13.3 Å². The molecule has 0 saturated heterocycles. The number of fused-ring (bicyclic) bond motifs is 1. The summed E-state index contributed by atoms with van der Waals surface area (Å²) in [6, 6.07) is 3.46. The highest BCUT2D eigenvalue weighted by Crippen LogP contribution is 2.33. The van der Waals surface area contributed by atoms with Crippen LogP contribution in [0.15, 0.2) is 17.2 Å². The zero-order valence-electron chi connectivity index (χ0n) is 7.58. The molecule has 2 heterocycles. The molecule has 3 nitrogen and oxygen atoms in total. The van der Waals surface area contributed by atoms with Gasteiger partial charge in [-0.2, -0.15) is 0 Å². The van der Waals surface area contributed by atoms with E-state index in [0.717, 1.165) is 10.7 Å². The molecular formula is C9H9ClN2OS. The van der Waals surface area contributed by atoms with Gasteiger partial charge in [0.05, 0.1) is 5.69 Å². The summed E-state index contributed by atoms with van der Waals surface area (Å²) >= 11 is 7.35. The summed E-state index contributed by atoms with van der Waals surface area (Å²) in [4.78, 5) is 15.5. The Balaban J connectivity index is 2.41. The normalized spacial score (nSPS) is 21.0. The number of amides is 1. The third kappa shape index (κ3) is 2.01. The van der Waals surface area contributed by atoms with Gasteiger partial charge in [-0.25, -0.2) is 4.98 Å². The number of hydrogen-bond acceptors (Lipinski definition) is 3. The van der Waals surface area contributed by atoms with Gasteiger partial charge in [0.1, 0.15) is 10.2 Å². The summed E-state index contributed by atoms with van der Waals surface area (Å²) in [7, 11) is 0. The van der Waals surface area contributed by atoms with Gasteiger partial charge >= 0.3 is 0 Å². The predicted octanol–water partition coefficient (Wildman–Crippen LogP) is 2.56. The Morgan fingerprint density at radius 3 is 3.21 bits per heavy atom.